The summed E-state index contributed by atoms with van der Waals surface area (Å²) in [4.78, 5) is 25.6. The third-order valence-electron chi connectivity index (χ3n) is 5.94. The Morgan fingerprint density at radius 3 is 2.67 bits per heavy atom. The number of rotatable bonds is 1. The first-order chi connectivity index (χ1) is 14.2. The van der Waals surface area contributed by atoms with Crippen molar-refractivity contribution in [2.75, 3.05) is 7.11 Å². The lowest BCUT2D eigenvalue weighted by atomic mass is 9.96. The number of phenols is 1. The summed E-state index contributed by atoms with van der Waals surface area (Å²) in [5, 5.41) is 10.5. The van der Waals surface area contributed by atoms with Crippen LogP contribution in [0.15, 0.2) is 24.3 Å². The molecule has 3 aliphatic rings. The highest BCUT2D eigenvalue weighted by atomic mass is 16.8. The van der Waals surface area contributed by atoms with Gasteiger partial charge in [0, 0.05) is 12.5 Å². The third kappa shape index (κ3) is 4.09. The van der Waals surface area contributed by atoms with Crippen LogP contribution in [0.3, 0.4) is 0 Å². The van der Waals surface area contributed by atoms with Crippen molar-refractivity contribution >= 4 is 11.8 Å². The van der Waals surface area contributed by atoms with E-state index in [1.807, 2.05) is 13.8 Å². The number of ether oxygens (including phenoxy) is 4. The van der Waals surface area contributed by atoms with E-state index in [2.05, 4.69) is 0 Å². The number of Topliss-reactive ketones (excluding diaryl/α,β-unsaturated/α-hetero) is 1. The summed E-state index contributed by atoms with van der Waals surface area (Å²) in [7, 11) is 1.52. The van der Waals surface area contributed by atoms with Gasteiger partial charge in [0.1, 0.15) is 29.3 Å². The number of carbonyl (C=O) groups is 2. The maximum atomic E-state index is 12.8. The molecule has 1 aromatic carbocycles. The molecule has 0 spiro atoms. The van der Waals surface area contributed by atoms with Crippen LogP contribution in [0.25, 0.3) is 0 Å². The highest BCUT2D eigenvalue weighted by molar-refractivity contribution is 5.95. The molecular weight excluding hydrogens is 388 g/mol. The lowest BCUT2D eigenvalue weighted by Gasteiger charge is -2.18. The molecule has 1 saturated carbocycles. The zero-order valence-corrected chi connectivity index (χ0v) is 17.7. The van der Waals surface area contributed by atoms with E-state index in [4.69, 9.17) is 18.9 Å². The Morgan fingerprint density at radius 2 is 1.93 bits per heavy atom. The summed E-state index contributed by atoms with van der Waals surface area (Å²) >= 11 is 0. The lowest BCUT2D eigenvalue weighted by molar-refractivity contribution is -0.154. The molecule has 0 amide bonds. The van der Waals surface area contributed by atoms with Gasteiger partial charge in [0.05, 0.1) is 13.2 Å². The topological polar surface area (TPSA) is 91.3 Å². The number of fused-ring (bicyclic) bond motifs is 4. The van der Waals surface area contributed by atoms with Gasteiger partial charge in [0.25, 0.3) is 0 Å². The van der Waals surface area contributed by atoms with Gasteiger partial charge in [-0.2, -0.15) is 0 Å². The molecule has 7 heteroatoms. The van der Waals surface area contributed by atoms with Crippen LogP contribution in [-0.4, -0.2) is 48.1 Å². The summed E-state index contributed by atoms with van der Waals surface area (Å²) in [5.74, 6) is -0.877. The third-order valence-corrected chi connectivity index (χ3v) is 5.94. The predicted molar refractivity (Wildman–Crippen MR) is 108 cm³/mol. The number of carbonyl (C=O) groups excluding carboxylic acids is 2. The van der Waals surface area contributed by atoms with Crippen molar-refractivity contribution in [3.63, 3.8) is 0 Å². The molecule has 4 rings (SSSR count). The van der Waals surface area contributed by atoms with Gasteiger partial charge in [-0.1, -0.05) is 6.08 Å². The van der Waals surface area contributed by atoms with Gasteiger partial charge in [0.2, 0.25) is 0 Å². The fourth-order valence-electron chi connectivity index (χ4n) is 4.48. The number of cyclic esters (lactones) is 1. The molecule has 2 heterocycles. The molecule has 1 aliphatic carbocycles. The zero-order valence-electron chi connectivity index (χ0n) is 17.7. The molecule has 162 valence electrons. The van der Waals surface area contributed by atoms with Crippen LogP contribution in [0, 0.1) is 5.92 Å². The molecule has 0 radical (unpaired) electrons. The van der Waals surface area contributed by atoms with Gasteiger partial charge in [-0.15, -0.1) is 0 Å². The summed E-state index contributed by atoms with van der Waals surface area (Å²) in [5.41, 5.74) is 0.883. The second-order valence-corrected chi connectivity index (χ2v) is 8.75. The van der Waals surface area contributed by atoms with Crippen LogP contribution in [0.1, 0.15) is 61.9 Å². The number of esters is 1. The second kappa shape index (κ2) is 7.71. The Morgan fingerprint density at radius 1 is 1.17 bits per heavy atom. The highest BCUT2D eigenvalue weighted by Gasteiger charge is 2.50. The minimum Gasteiger partial charge on any atom is -0.507 e. The van der Waals surface area contributed by atoms with Crippen molar-refractivity contribution in [2.45, 2.75) is 70.1 Å². The predicted octanol–water partition coefficient (Wildman–Crippen LogP) is 3.49. The number of methoxy groups -OCH3 is 1. The fourth-order valence-corrected chi connectivity index (χ4v) is 4.48. The smallest absolute Gasteiger partial charge is 0.342 e. The van der Waals surface area contributed by atoms with Crippen molar-refractivity contribution in [1.29, 1.82) is 0 Å². The number of ketones is 1. The molecule has 1 aromatic rings. The van der Waals surface area contributed by atoms with Gasteiger partial charge in [0.15, 0.2) is 11.6 Å². The molecule has 0 aromatic heterocycles. The minimum atomic E-state index is -0.821. The van der Waals surface area contributed by atoms with Crippen LogP contribution in [0.4, 0.5) is 0 Å². The van der Waals surface area contributed by atoms with E-state index >= 15 is 0 Å². The molecule has 5 atom stereocenters. The molecule has 2 fully saturated rings. The summed E-state index contributed by atoms with van der Waals surface area (Å²) in [6, 6.07) is 3.21. The van der Waals surface area contributed by atoms with Crippen molar-refractivity contribution < 1.29 is 33.6 Å². The molecule has 7 nitrogen and oxygen atoms in total. The normalized spacial score (nSPS) is 33.0. The van der Waals surface area contributed by atoms with E-state index in [0.717, 1.165) is 6.42 Å². The largest absolute Gasteiger partial charge is 0.507 e. The molecule has 1 saturated heterocycles. The van der Waals surface area contributed by atoms with Crippen LogP contribution < -0.4 is 4.74 Å². The molecule has 0 bridgehead atoms. The Bertz CT molecular complexity index is 888. The second-order valence-electron chi connectivity index (χ2n) is 8.75. The summed E-state index contributed by atoms with van der Waals surface area (Å²) < 4.78 is 22.8. The Labute approximate surface area is 175 Å². The van der Waals surface area contributed by atoms with Crippen molar-refractivity contribution in [1.82, 2.24) is 0 Å². The monoisotopic (exact) mass is 416 g/mol. The zero-order chi connectivity index (χ0) is 21.6. The first-order valence-corrected chi connectivity index (χ1v) is 10.4. The highest BCUT2D eigenvalue weighted by Crippen LogP contribution is 2.54. The van der Waals surface area contributed by atoms with Gasteiger partial charge in [-0.25, -0.2) is 4.79 Å². The number of hydrogen-bond acceptors (Lipinski definition) is 7. The Kier molecular flexibility index (Phi) is 5.36. The average molecular weight is 416 g/mol. The number of allylic oxidation sites excluding steroid dienone is 1. The first kappa shape index (κ1) is 20.9. The van der Waals surface area contributed by atoms with E-state index in [9.17, 15) is 14.7 Å². The van der Waals surface area contributed by atoms with Crippen LogP contribution in [0.5, 0.6) is 11.5 Å². The van der Waals surface area contributed by atoms with Gasteiger partial charge in [-0.3, -0.25) is 4.79 Å². The quantitative estimate of drug-likeness (QED) is 0.553. The van der Waals surface area contributed by atoms with Crippen LogP contribution >= 0.6 is 0 Å². The first-order valence-electron chi connectivity index (χ1n) is 10.4. The molecule has 1 N–H and O–H groups in total. The van der Waals surface area contributed by atoms with E-state index in [1.54, 1.807) is 25.1 Å². The molecule has 2 unspecified atom stereocenters. The number of hydrogen-bond donors (Lipinski definition) is 1. The minimum absolute atomic E-state index is 0.0467. The van der Waals surface area contributed by atoms with Gasteiger partial charge >= 0.3 is 5.97 Å². The Balaban J connectivity index is 1.71. The summed E-state index contributed by atoms with van der Waals surface area (Å²) in [6.45, 7) is 5.34. The maximum absolute atomic E-state index is 12.8. The molecular formula is C23H28O7. The van der Waals surface area contributed by atoms with Gasteiger partial charge < -0.3 is 24.1 Å². The Hall–Kier alpha value is -2.38. The number of phenolic OH excluding ortho intramolecular Hbond substituents is 1. The average Bonchev–Trinajstić information content (AvgIpc) is 3.35. The standard InChI is InChI=1S/C23H28O7/c1-12-6-5-7-17(24)21-19(29-23(2,3)30-21)9-13-8-15(13)16-10-14(27-4)11-18(25)20(16)22(26)28-12/h5-6,10-13,15,19,21,25H,7-9H2,1-4H3/t12-,13?,15?,19-,21+/m0/s1. The fraction of sp³-hybridized carbons (Fsp3) is 0.565. The molecule has 2 aliphatic heterocycles. The van der Waals surface area contributed by atoms with E-state index in [1.165, 1.54) is 13.2 Å². The molecule has 30 heavy (non-hydrogen) atoms. The maximum Gasteiger partial charge on any atom is 0.342 e. The van der Waals surface area contributed by atoms with Gasteiger partial charge in [-0.05, 0) is 63.2 Å². The number of aromatic hydroxyl groups is 1. The van der Waals surface area contributed by atoms with Crippen LogP contribution in [0.2, 0.25) is 0 Å². The van der Waals surface area contributed by atoms with Crippen molar-refractivity contribution in [3.8, 4) is 11.5 Å². The SMILES string of the molecule is COc1cc(O)c2c(c1)C1CC1C[C@@H]1OC(C)(C)O[C@@H]1C(=O)CC=C[C@H](C)OC2=O. The number of benzene rings is 1. The van der Waals surface area contributed by atoms with Crippen LogP contribution in [-0.2, 0) is 19.0 Å². The summed E-state index contributed by atoms with van der Waals surface area (Å²) in [6.07, 6.45) is 3.47. The van der Waals surface area contributed by atoms with Crippen molar-refractivity contribution in [3.05, 3.63) is 35.4 Å². The van der Waals surface area contributed by atoms with Crippen molar-refractivity contribution in [2.24, 2.45) is 5.92 Å². The van der Waals surface area contributed by atoms with E-state index < -0.39 is 24.0 Å². The lowest BCUT2D eigenvalue weighted by Crippen LogP contribution is -2.32. The van der Waals surface area contributed by atoms with E-state index in [0.29, 0.717) is 17.7 Å². The van der Waals surface area contributed by atoms with E-state index in [-0.39, 0.29) is 41.5 Å².